The Balaban J connectivity index is 1.93. The van der Waals surface area contributed by atoms with Crippen LogP contribution in [0.4, 0.5) is 11.4 Å². The molecule has 0 aromatic heterocycles. The first kappa shape index (κ1) is 22.1. The summed E-state index contributed by atoms with van der Waals surface area (Å²) in [6.07, 6.45) is 1.63. The molecule has 0 aliphatic carbocycles. The molecule has 31 heavy (non-hydrogen) atoms. The minimum atomic E-state index is -3.87. The zero-order valence-electron chi connectivity index (χ0n) is 17.4. The number of benzene rings is 3. The maximum absolute atomic E-state index is 13.2. The molecule has 0 aliphatic rings. The number of nitrogens with zero attached hydrogens (tertiary/aromatic N) is 2. The highest BCUT2D eigenvalue weighted by Crippen LogP contribution is 2.25. The van der Waals surface area contributed by atoms with Gasteiger partial charge in [0.25, 0.3) is 15.9 Å². The van der Waals surface area contributed by atoms with E-state index < -0.39 is 10.0 Å². The molecule has 0 fully saturated rings. The van der Waals surface area contributed by atoms with E-state index in [0.717, 1.165) is 0 Å². The highest BCUT2D eigenvalue weighted by molar-refractivity contribution is 7.92. The summed E-state index contributed by atoms with van der Waals surface area (Å²) < 4.78 is 32.7. The topological polar surface area (TPSA) is 66.9 Å². The molecule has 1 amide bonds. The van der Waals surface area contributed by atoms with Crippen molar-refractivity contribution >= 4 is 27.3 Å². The quantitative estimate of drug-likeness (QED) is 0.492. The molecule has 0 radical (unpaired) electrons. The molecule has 3 aromatic carbocycles. The first-order chi connectivity index (χ1) is 14.9. The van der Waals surface area contributed by atoms with Gasteiger partial charge in [-0.05, 0) is 54.6 Å². The van der Waals surface area contributed by atoms with Gasteiger partial charge in [-0.2, -0.15) is 0 Å². The van der Waals surface area contributed by atoms with Gasteiger partial charge in [0.15, 0.2) is 0 Å². The third-order valence-electron chi connectivity index (χ3n) is 4.80. The molecule has 0 spiro atoms. The number of hydrogen-bond donors (Lipinski definition) is 0. The highest BCUT2D eigenvalue weighted by atomic mass is 32.2. The lowest BCUT2D eigenvalue weighted by atomic mass is 10.1. The second kappa shape index (κ2) is 9.49. The molecule has 0 atom stereocenters. The highest BCUT2D eigenvalue weighted by Gasteiger charge is 2.24. The summed E-state index contributed by atoms with van der Waals surface area (Å²) in [5.41, 5.74) is 1.46. The van der Waals surface area contributed by atoms with Gasteiger partial charge in [0.2, 0.25) is 0 Å². The Hall–Kier alpha value is -3.58. The van der Waals surface area contributed by atoms with Crippen molar-refractivity contribution in [2.75, 3.05) is 29.9 Å². The summed E-state index contributed by atoms with van der Waals surface area (Å²) in [5.74, 6) is 0.320. The van der Waals surface area contributed by atoms with Crippen LogP contribution >= 0.6 is 0 Å². The second-order valence-corrected chi connectivity index (χ2v) is 8.71. The third-order valence-corrected chi connectivity index (χ3v) is 6.58. The molecule has 0 N–H and O–H groups in total. The van der Waals surface area contributed by atoms with Crippen molar-refractivity contribution < 1.29 is 17.9 Å². The SMILES string of the molecule is C=CCN(C(=O)c1cccc(S(=O)(=O)N(C)c2ccc(OC)cc2)c1)c1ccccc1. The summed E-state index contributed by atoms with van der Waals surface area (Å²) in [5, 5.41) is 0. The average Bonchev–Trinajstić information content (AvgIpc) is 2.82. The van der Waals surface area contributed by atoms with Crippen molar-refractivity contribution in [2.45, 2.75) is 4.90 Å². The molecule has 0 unspecified atom stereocenters. The number of anilines is 2. The molecule has 3 rings (SSSR count). The fourth-order valence-corrected chi connectivity index (χ4v) is 4.32. The number of para-hydroxylation sites is 1. The zero-order chi connectivity index (χ0) is 22.4. The van der Waals surface area contributed by atoms with E-state index in [9.17, 15) is 13.2 Å². The van der Waals surface area contributed by atoms with Crippen LogP contribution in [0.2, 0.25) is 0 Å². The number of rotatable bonds is 8. The Bertz CT molecular complexity index is 1160. The monoisotopic (exact) mass is 436 g/mol. The molecule has 160 valence electrons. The fraction of sp³-hybridized carbons (Fsp3) is 0.125. The Morgan fingerprint density at radius 2 is 1.65 bits per heavy atom. The van der Waals surface area contributed by atoms with Gasteiger partial charge in [-0.3, -0.25) is 9.10 Å². The van der Waals surface area contributed by atoms with Crippen LogP contribution in [0.5, 0.6) is 5.75 Å². The minimum absolute atomic E-state index is 0.0308. The van der Waals surface area contributed by atoms with E-state index >= 15 is 0 Å². The van der Waals surface area contributed by atoms with Crippen LogP contribution in [0.1, 0.15) is 10.4 Å². The first-order valence-electron chi connectivity index (χ1n) is 9.59. The van der Waals surface area contributed by atoms with Crippen molar-refractivity contribution in [3.63, 3.8) is 0 Å². The normalized spacial score (nSPS) is 10.9. The van der Waals surface area contributed by atoms with Crippen LogP contribution in [-0.4, -0.2) is 35.0 Å². The van der Waals surface area contributed by atoms with Gasteiger partial charge in [0.05, 0.1) is 17.7 Å². The van der Waals surface area contributed by atoms with Gasteiger partial charge in [0.1, 0.15) is 5.75 Å². The molecule has 0 heterocycles. The van der Waals surface area contributed by atoms with Crippen molar-refractivity contribution in [2.24, 2.45) is 0 Å². The van der Waals surface area contributed by atoms with Gasteiger partial charge >= 0.3 is 0 Å². The average molecular weight is 437 g/mol. The molecule has 0 saturated carbocycles. The van der Waals surface area contributed by atoms with E-state index in [0.29, 0.717) is 23.7 Å². The van der Waals surface area contributed by atoms with Crippen LogP contribution in [0.3, 0.4) is 0 Å². The number of methoxy groups -OCH3 is 1. The predicted molar refractivity (Wildman–Crippen MR) is 123 cm³/mol. The zero-order valence-corrected chi connectivity index (χ0v) is 18.2. The van der Waals surface area contributed by atoms with Crippen LogP contribution < -0.4 is 13.9 Å². The van der Waals surface area contributed by atoms with Crippen LogP contribution in [0, 0.1) is 0 Å². The van der Waals surface area contributed by atoms with Gasteiger partial charge in [-0.1, -0.05) is 30.3 Å². The second-order valence-electron chi connectivity index (χ2n) is 6.74. The Morgan fingerprint density at radius 1 is 0.968 bits per heavy atom. The van der Waals surface area contributed by atoms with Crippen LogP contribution in [-0.2, 0) is 10.0 Å². The van der Waals surface area contributed by atoms with Crippen molar-refractivity contribution in [3.05, 3.63) is 97.1 Å². The van der Waals surface area contributed by atoms with E-state index in [-0.39, 0.29) is 16.4 Å². The number of amides is 1. The number of ether oxygens (including phenoxy) is 1. The smallest absolute Gasteiger partial charge is 0.264 e. The number of hydrogen-bond acceptors (Lipinski definition) is 4. The Labute approximate surface area is 183 Å². The molecular weight excluding hydrogens is 412 g/mol. The molecule has 0 saturated heterocycles. The van der Waals surface area contributed by atoms with E-state index in [1.807, 2.05) is 30.3 Å². The van der Waals surface area contributed by atoms with Crippen molar-refractivity contribution in [1.82, 2.24) is 0 Å². The number of sulfonamides is 1. The molecule has 6 nitrogen and oxygen atoms in total. The fourth-order valence-electron chi connectivity index (χ4n) is 3.08. The summed E-state index contributed by atoms with van der Waals surface area (Å²) >= 11 is 0. The molecule has 7 heteroatoms. The maximum Gasteiger partial charge on any atom is 0.264 e. The van der Waals surface area contributed by atoms with Gasteiger partial charge in [-0.15, -0.1) is 6.58 Å². The van der Waals surface area contributed by atoms with Crippen LogP contribution in [0.25, 0.3) is 0 Å². The third kappa shape index (κ3) is 4.78. The van der Waals surface area contributed by atoms with Gasteiger partial charge in [0, 0.05) is 24.8 Å². The van der Waals surface area contributed by atoms with E-state index in [1.54, 1.807) is 54.5 Å². The lowest BCUT2D eigenvalue weighted by Gasteiger charge is -2.23. The van der Waals surface area contributed by atoms with Gasteiger partial charge < -0.3 is 9.64 Å². The molecule has 0 aliphatic heterocycles. The first-order valence-corrected chi connectivity index (χ1v) is 11.0. The van der Waals surface area contributed by atoms with E-state index in [2.05, 4.69) is 6.58 Å². The van der Waals surface area contributed by atoms with Gasteiger partial charge in [-0.25, -0.2) is 8.42 Å². The molecule has 0 bridgehead atoms. The van der Waals surface area contributed by atoms with E-state index in [1.165, 1.54) is 23.5 Å². The van der Waals surface area contributed by atoms with Crippen molar-refractivity contribution in [3.8, 4) is 5.75 Å². The lowest BCUT2D eigenvalue weighted by Crippen LogP contribution is -2.31. The summed E-state index contributed by atoms with van der Waals surface area (Å²) in [6.45, 7) is 4.02. The summed E-state index contributed by atoms with van der Waals surface area (Å²) in [4.78, 5) is 14.8. The Kier molecular flexibility index (Phi) is 6.77. The predicted octanol–water partition coefficient (Wildman–Crippen LogP) is 4.35. The Morgan fingerprint density at radius 3 is 2.26 bits per heavy atom. The van der Waals surface area contributed by atoms with Crippen LogP contribution in [0.15, 0.2) is 96.4 Å². The largest absolute Gasteiger partial charge is 0.497 e. The maximum atomic E-state index is 13.2. The summed E-state index contributed by atoms with van der Waals surface area (Å²) in [6, 6.07) is 21.9. The standard InChI is InChI=1S/C24H24N2O4S/c1-4-17-26(21-10-6-5-7-11-21)24(27)19-9-8-12-23(18-19)31(28,29)25(2)20-13-15-22(30-3)16-14-20/h4-16,18H,1,17H2,2-3H3. The lowest BCUT2D eigenvalue weighted by molar-refractivity contribution is 0.0989. The number of carbonyl (C=O) groups excluding carboxylic acids is 1. The van der Waals surface area contributed by atoms with Crippen molar-refractivity contribution in [1.29, 1.82) is 0 Å². The summed E-state index contributed by atoms with van der Waals surface area (Å²) in [7, 11) is -0.852. The van der Waals surface area contributed by atoms with E-state index in [4.69, 9.17) is 4.74 Å². The minimum Gasteiger partial charge on any atom is -0.497 e. The number of carbonyl (C=O) groups is 1. The molecule has 3 aromatic rings. The molecular formula is C24H24N2O4S.